The molecule has 1 atom stereocenters. The van der Waals surface area contributed by atoms with Crippen molar-refractivity contribution < 1.29 is 14.6 Å². The number of carbonyl (C=O) groups excluding carboxylic acids is 1. The van der Waals surface area contributed by atoms with E-state index in [9.17, 15) is 4.79 Å². The van der Waals surface area contributed by atoms with Crippen LogP contribution in [-0.4, -0.2) is 24.7 Å². The molecule has 0 aliphatic rings. The van der Waals surface area contributed by atoms with E-state index in [1.807, 2.05) is 54.6 Å². The van der Waals surface area contributed by atoms with E-state index in [1.54, 1.807) is 7.11 Å². The number of rotatable bonds is 8. The molecular formula is C19H23NO3. The molecule has 0 spiro atoms. The topological polar surface area (TPSA) is 58.6 Å². The van der Waals surface area contributed by atoms with E-state index >= 15 is 0 Å². The highest BCUT2D eigenvalue weighted by molar-refractivity contribution is 5.79. The molecule has 0 saturated heterocycles. The second-order valence-corrected chi connectivity index (χ2v) is 5.39. The van der Waals surface area contributed by atoms with Gasteiger partial charge in [0.15, 0.2) is 0 Å². The molecular weight excluding hydrogens is 290 g/mol. The largest absolute Gasteiger partial charge is 0.496 e. The lowest BCUT2D eigenvalue weighted by atomic mass is 10.0. The standard InChI is InChI=1S/C19H23NO3/c1-23-18-12-6-5-10-16(18)14-19(22)20-17(11-7-13-21)15-8-3-2-4-9-15/h2-6,8-10,12,17,21H,7,11,13-14H2,1H3,(H,20,22). The predicted molar refractivity (Wildman–Crippen MR) is 90.3 cm³/mol. The summed E-state index contributed by atoms with van der Waals surface area (Å²) in [5, 5.41) is 12.1. The molecule has 4 heteroatoms. The van der Waals surface area contributed by atoms with Crippen LogP contribution in [0.3, 0.4) is 0 Å². The Morgan fingerprint density at radius 3 is 2.52 bits per heavy atom. The second kappa shape index (κ2) is 8.96. The summed E-state index contributed by atoms with van der Waals surface area (Å²) in [4.78, 5) is 12.4. The molecule has 4 nitrogen and oxygen atoms in total. The highest BCUT2D eigenvalue weighted by atomic mass is 16.5. The van der Waals surface area contributed by atoms with Crippen molar-refractivity contribution in [3.8, 4) is 5.75 Å². The Kier molecular flexibility index (Phi) is 6.63. The first-order valence-electron chi connectivity index (χ1n) is 7.81. The van der Waals surface area contributed by atoms with Gasteiger partial charge in [-0.3, -0.25) is 4.79 Å². The first-order valence-corrected chi connectivity index (χ1v) is 7.81. The van der Waals surface area contributed by atoms with Crippen LogP contribution in [0, 0.1) is 0 Å². The monoisotopic (exact) mass is 313 g/mol. The molecule has 1 amide bonds. The molecule has 0 aliphatic carbocycles. The lowest BCUT2D eigenvalue weighted by molar-refractivity contribution is -0.121. The number of ether oxygens (including phenoxy) is 1. The third-order valence-corrected chi connectivity index (χ3v) is 3.73. The fourth-order valence-corrected chi connectivity index (χ4v) is 2.57. The van der Waals surface area contributed by atoms with Crippen molar-refractivity contribution in [3.63, 3.8) is 0 Å². The Hall–Kier alpha value is -2.33. The van der Waals surface area contributed by atoms with Crippen molar-refractivity contribution in [2.75, 3.05) is 13.7 Å². The molecule has 2 aromatic carbocycles. The van der Waals surface area contributed by atoms with E-state index in [1.165, 1.54) is 0 Å². The number of amides is 1. The van der Waals surface area contributed by atoms with Crippen molar-refractivity contribution in [1.82, 2.24) is 5.32 Å². The zero-order valence-electron chi connectivity index (χ0n) is 13.4. The number of methoxy groups -OCH3 is 1. The van der Waals surface area contributed by atoms with Crippen LogP contribution in [0.25, 0.3) is 0 Å². The van der Waals surface area contributed by atoms with Gasteiger partial charge in [-0.2, -0.15) is 0 Å². The number of hydrogen-bond donors (Lipinski definition) is 2. The maximum atomic E-state index is 12.4. The quantitative estimate of drug-likeness (QED) is 0.788. The molecule has 0 saturated carbocycles. The summed E-state index contributed by atoms with van der Waals surface area (Å²) in [7, 11) is 1.60. The third-order valence-electron chi connectivity index (χ3n) is 3.73. The minimum Gasteiger partial charge on any atom is -0.496 e. The van der Waals surface area contributed by atoms with Gasteiger partial charge in [0.1, 0.15) is 5.75 Å². The van der Waals surface area contributed by atoms with Crippen molar-refractivity contribution in [3.05, 3.63) is 65.7 Å². The Morgan fingerprint density at radius 1 is 1.13 bits per heavy atom. The molecule has 122 valence electrons. The minimum atomic E-state index is -0.0921. The second-order valence-electron chi connectivity index (χ2n) is 5.39. The Bertz CT molecular complexity index is 613. The van der Waals surface area contributed by atoms with Crippen LogP contribution in [0.1, 0.15) is 30.0 Å². The number of hydrogen-bond acceptors (Lipinski definition) is 3. The molecule has 0 bridgehead atoms. The van der Waals surface area contributed by atoms with Gasteiger partial charge in [0.25, 0.3) is 0 Å². The number of aliphatic hydroxyl groups excluding tert-OH is 1. The Balaban J connectivity index is 2.05. The molecule has 1 unspecified atom stereocenters. The Morgan fingerprint density at radius 2 is 1.83 bits per heavy atom. The van der Waals surface area contributed by atoms with Crippen LogP contribution in [0.4, 0.5) is 0 Å². The molecule has 0 heterocycles. The smallest absolute Gasteiger partial charge is 0.225 e. The minimum absolute atomic E-state index is 0.0544. The Labute approximate surface area is 137 Å². The van der Waals surface area contributed by atoms with Crippen molar-refractivity contribution in [2.24, 2.45) is 0 Å². The average Bonchev–Trinajstić information content (AvgIpc) is 2.59. The van der Waals surface area contributed by atoms with Gasteiger partial charge in [-0.1, -0.05) is 48.5 Å². The average molecular weight is 313 g/mol. The fraction of sp³-hybridized carbons (Fsp3) is 0.316. The summed E-state index contributed by atoms with van der Waals surface area (Å²) >= 11 is 0. The van der Waals surface area contributed by atoms with Crippen LogP contribution in [0.15, 0.2) is 54.6 Å². The summed E-state index contributed by atoms with van der Waals surface area (Å²) in [5.41, 5.74) is 1.91. The van der Waals surface area contributed by atoms with Crippen LogP contribution >= 0.6 is 0 Å². The number of para-hydroxylation sites is 1. The predicted octanol–water partition coefficient (Wildman–Crippen LogP) is 2.87. The SMILES string of the molecule is COc1ccccc1CC(=O)NC(CCCO)c1ccccc1. The van der Waals surface area contributed by atoms with Crippen molar-refractivity contribution in [1.29, 1.82) is 0 Å². The van der Waals surface area contributed by atoms with E-state index in [0.29, 0.717) is 18.6 Å². The molecule has 2 rings (SSSR count). The zero-order chi connectivity index (χ0) is 16.5. The van der Waals surface area contributed by atoms with Crippen molar-refractivity contribution in [2.45, 2.75) is 25.3 Å². The van der Waals surface area contributed by atoms with E-state index in [2.05, 4.69) is 5.32 Å². The maximum absolute atomic E-state index is 12.4. The normalized spacial score (nSPS) is 11.7. The summed E-state index contributed by atoms with van der Waals surface area (Å²) in [6.45, 7) is 0.117. The number of carbonyl (C=O) groups is 1. The van der Waals surface area contributed by atoms with E-state index in [-0.39, 0.29) is 25.0 Å². The van der Waals surface area contributed by atoms with Crippen LogP contribution in [0.5, 0.6) is 5.75 Å². The number of benzene rings is 2. The van der Waals surface area contributed by atoms with E-state index < -0.39 is 0 Å². The zero-order valence-corrected chi connectivity index (χ0v) is 13.4. The number of nitrogens with one attached hydrogen (secondary N) is 1. The molecule has 0 aliphatic heterocycles. The lowest BCUT2D eigenvalue weighted by Gasteiger charge is -2.19. The van der Waals surface area contributed by atoms with Crippen molar-refractivity contribution >= 4 is 5.91 Å². The van der Waals surface area contributed by atoms with Gasteiger partial charge in [0.2, 0.25) is 5.91 Å². The van der Waals surface area contributed by atoms with Crippen LogP contribution in [0.2, 0.25) is 0 Å². The maximum Gasteiger partial charge on any atom is 0.225 e. The molecule has 23 heavy (non-hydrogen) atoms. The number of aliphatic hydroxyl groups is 1. The first kappa shape index (κ1) is 17.0. The van der Waals surface area contributed by atoms with E-state index in [4.69, 9.17) is 9.84 Å². The van der Waals surface area contributed by atoms with Gasteiger partial charge in [0, 0.05) is 12.2 Å². The van der Waals surface area contributed by atoms with Crippen LogP contribution < -0.4 is 10.1 Å². The molecule has 0 fully saturated rings. The van der Waals surface area contributed by atoms with Crippen LogP contribution in [-0.2, 0) is 11.2 Å². The molecule has 0 aromatic heterocycles. The molecule has 0 radical (unpaired) electrons. The highest BCUT2D eigenvalue weighted by Crippen LogP contribution is 2.20. The van der Waals surface area contributed by atoms with Gasteiger partial charge in [-0.15, -0.1) is 0 Å². The molecule has 2 aromatic rings. The summed E-state index contributed by atoms with van der Waals surface area (Å²) in [6.07, 6.45) is 1.62. The highest BCUT2D eigenvalue weighted by Gasteiger charge is 2.15. The van der Waals surface area contributed by atoms with Gasteiger partial charge >= 0.3 is 0 Å². The van der Waals surface area contributed by atoms with Gasteiger partial charge < -0.3 is 15.2 Å². The van der Waals surface area contributed by atoms with Gasteiger partial charge in [-0.25, -0.2) is 0 Å². The summed E-state index contributed by atoms with van der Waals surface area (Å²) in [5.74, 6) is 0.663. The van der Waals surface area contributed by atoms with E-state index in [0.717, 1.165) is 11.1 Å². The fourth-order valence-electron chi connectivity index (χ4n) is 2.57. The molecule has 2 N–H and O–H groups in total. The first-order chi connectivity index (χ1) is 11.2. The summed E-state index contributed by atoms with van der Waals surface area (Å²) in [6, 6.07) is 17.3. The third kappa shape index (κ3) is 5.11. The lowest BCUT2D eigenvalue weighted by Crippen LogP contribution is -2.30. The van der Waals surface area contributed by atoms with Gasteiger partial charge in [0.05, 0.1) is 19.6 Å². The van der Waals surface area contributed by atoms with Gasteiger partial charge in [-0.05, 0) is 24.5 Å². The summed E-state index contributed by atoms with van der Waals surface area (Å²) < 4.78 is 5.29.